The molecule has 0 amide bonds. The lowest BCUT2D eigenvalue weighted by molar-refractivity contribution is -0.141. The first-order chi connectivity index (χ1) is 20.5. The Bertz CT molecular complexity index is 1670. The molecule has 3 aromatic rings. The number of sulfonamides is 1. The Morgan fingerprint density at radius 2 is 1.81 bits per heavy atom. The first-order valence-electron chi connectivity index (χ1n) is 14.6. The van der Waals surface area contributed by atoms with Gasteiger partial charge in [0.25, 0.3) is 0 Å². The van der Waals surface area contributed by atoms with E-state index in [1.807, 2.05) is 50.2 Å². The Morgan fingerprint density at radius 3 is 2.51 bits per heavy atom. The van der Waals surface area contributed by atoms with Gasteiger partial charge in [-0.25, -0.2) is 12.8 Å². The third kappa shape index (κ3) is 5.82. The number of methoxy groups -OCH3 is 1. The van der Waals surface area contributed by atoms with Gasteiger partial charge in [0.2, 0.25) is 10.0 Å². The number of esters is 1. The molecule has 1 saturated heterocycles. The molecule has 43 heavy (non-hydrogen) atoms. The third-order valence-electron chi connectivity index (χ3n) is 8.72. The number of carbonyl (C=O) groups excluding carboxylic acids is 1. The van der Waals surface area contributed by atoms with Gasteiger partial charge in [-0.1, -0.05) is 12.1 Å². The fourth-order valence-corrected chi connectivity index (χ4v) is 7.55. The van der Waals surface area contributed by atoms with Crippen LogP contribution >= 0.6 is 0 Å². The van der Waals surface area contributed by atoms with Crippen molar-refractivity contribution in [2.24, 2.45) is 0 Å². The van der Waals surface area contributed by atoms with Crippen LogP contribution in [-0.2, 0) is 26.0 Å². The minimum absolute atomic E-state index is 0.0627. The topological polar surface area (TPSA) is 91.4 Å². The SMILES string of the molecule is COC(=O)C[C@@H]1COc2cc(O[C@@H]3CCc4c(-c5c(C)cc(O[C@H]6CCN(S(C)(=O)=O)C6)cc5C)ccc(F)c43)ccc21. The predicted molar refractivity (Wildman–Crippen MR) is 160 cm³/mol. The molecule has 0 saturated carbocycles. The third-order valence-corrected chi connectivity index (χ3v) is 9.99. The average molecular weight is 610 g/mol. The van der Waals surface area contributed by atoms with Gasteiger partial charge in [0.15, 0.2) is 0 Å². The highest BCUT2D eigenvalue weighted by Gasteiger charge is 2.33. The molecule has 0 unspecified atom stereocenters. The fourth-order valence-electron chi connectivity index (χ4n) is 6.68. The molecule has 0 bridgehead atoms. The van der Waals surface area contributed by atoms with Crippen LogP contribution in [0.25, 0.3) is 11.1 Å². The van der Waals surface area contributed by atoms with Gasteiger partial charge < -0.3 is 18.9 Å². The standard InChI is InChI=1S/C33H36FNO7S/c1-19-13-24(41-23-11-12-35(17-23)43(4,37)38)14-20(2)32(19)26-7-9-28(34)33-27(26)8-10-29(33)42-22-5-6-25-21(15-31(36)39-3)18-40-30(25)16-22/h5-7,9,13-14,16,21,23,29H,8,10-12,15,17-18H2,1-4H3/t21-,23+,29-/m1/s1. The number of fused-ring (bicyclic) bond motifs is 2. The second-order valence-corrected chi connectivity index (χ2v) is 13.7. The summed E-state index contributed by atoms with van der Waals surface area (Å²) in [5.41, 5.74) is 6.49. The van der Waals surface area contributed by atoms with E-state index >= 15 is 4.39 Å². The Kier molecular flexibility index (Phi) is 7.85. The van der Waals surface area contributed by atoms with Crippen molar-refractivity contribution in [1.82, 2.24) is 4.31 Å². The highest BCUT2D eigenvalue weighted by molar-refractivity contribution is 7.88. The van der Waals surface area contributed by atoms with Gasteiger partial charge in [0.1, 0.15) is 35.3 Å². The highest BCUT2D eigenvalue weighted by atomic mass is 32.2. The predicted octanol–water partition coefficient (Wildman–Crippen LogP) is 5.63. The van der Waals surface area contributed by atoms with E-state index in [0.29, 0.717) is 61.8 Å². The molecule has 1 fully saturated rings. The zero-order chi connectivity index (χ0) is 30.5. The summed E-state index contributed by atoms with van der Waals surface area (Å²) in [5, 5.41) is 0. The second-order valence-electron chi connectivity index (χ2n) is 11.7. The van der Waals surface area contributed by atoms with E-state index in [9.17, 15) is 13.2 Å². The summed E-state index contributed by atoms with van der Waals surface area (Å²) < 4.78 is 63.8. The summed E-state index contributed by atoms with van der Waals surface area (Å²) >= 11 is 0. The van der Waals surface area contributed by atoms with Gasteiger partial charge in [-0.05, 0) is 85.2 Å². The van der Waals surface area contributed by atoms with Crippen molar-refractivity contribution in [1.29, 1.82) is 0 Å². The van der Waals surface area contributed by atoms with E-state index < -0.39 is 16.1 Å². The smallest absolute Gasteiger partial charge is 0.306 e. The normalized spacial score (nSPS) is 21.3. The Hall–Kier alpha value is -3.63. The van der Waals surface area contributed by atoms with Crippen LogP contribution in [0, 0.1) is 19.7 Å². The van der Waals surface area contributed by atoms with Gasteiger partial charge in [0.05, 0.1) is 32.9 Å². The molecule has 8 nitrogen and oxygen atoms in total. The minimum atomic E-state index is -3.24. The molecule has 2 aliphatic heterocycles. The molecular formula is C33H36FNO7S. The number of hydrogen-bond donors (Lipinski definition) is 0. The van der Waals surface area contributed by atoms with Crippen molar-refractivity contribution in [2.75, 3.05) is 33.1 Å². The molecule has 10 heteroatoms. The minimum Gasteiger partial charge on any atom is -0.492 e. The molecule has 1 aliphatic carbocycles. The molecule has 3 aromatic carbocycles. The maximum atomic E-state index is 15.4. The molecule has 0 spiro atoms. The summed E-state index contributed by atoms with van der Waals surface area (Å²) in [6.07, 6.45) is 2.80. The van der Waals surface area contributed by atoms with Crippen LogP contribution in [0.5, 0.6) is 17.2 Å². The molecule has 6 rings (SSSR count). The van der Waals surface area contributed by atoms with E-state index in [4.69, 9.17) is 18.9 Å². The lowest BCUT2D eigenvalue weighted by Crippen LogP contribution is -2.29. The van der Waals surface area contributed by atoms with Gasteiger partial charge >= 0.3 is 5.97 Å². The first kappa shape index (κ1) is 29.4. The highest BCUT2D eigenvalue weighted by Crippen LogP contribution is 2.45. The largest absolute Gasteiger partial charge is 0.492 e. The van der Waals surface area contributed by atoms with Crippen LogP contribution in [0.3, 0.4) is 0 Å². The maximum absolute atomic E-state index is 15.4. The Balaban J connectivity index is 1.22. The number of benzene rings is 3. The number of ether oxygens (including phenoxy) is 4. The molecule has 228 valence electrons. The Labute approximate surface area is 251 Å². The fraction of sp³-hybridized carbons (Fsp3) is 0.424. The van der Waals surface area contributed by atoms with Crippen molar-refractivity contribution in [3.63, 3.8) is 0 Å². The number of aryl methyl sites for hydroxylation is 2. The van der Waals surface area contributed by atoms with E-state index in [-0.39, 0.29) is 30.2 Å². The number of nitrogens with zero attached hydrogens (tertiary/aromatic N) is 1. The molecule has 3 aliphatic rings. The summed E-state index contributed by atoms with van der Waals surface area (Å²) in [6, 6.07) is 12.9. The summed E-state index contributed by atoms with van der Waals surface area (Å²) in [5.74, 6) is 1.34. The molecule has 2 heterocycles. The van der Waals surface area contributed by atoms with Gasteiger partial charge in [-0.3, -0.25) is 4.79 Å². The Morgan fingerprint density at radius 1 is 1.05 bits per heavy atom. The molecule has 0 N–H and O–H groups in total. The summed E-state index contributed by atoms with van der Waals surface area (Å²) in [6.45, 7) is 5.24. The average Bonchev–Trinajstić information content (AvgIpc) is 3.69. The quantitative estimate of drug-likeness (QED) is 0.306. The van der Waals surface area contributed by atoms with Crippen LogP contribution in [-0.4, -0.2) is 57.9 Å². The second kappa shape index (κ2) is 11.5. The van der Waals surface area contributed by atoms with Crippen molar-refractivity contribution in [2.45, 2.75) is 57.7 Å². The van der Waals surface area contributed by atoms with Gasteiger partial charge in [-0.2, -0.15) is 4.31 Å². The van der Waals surface area contributed by atoms with E-state index in [1.165, 1.54) is 23.7 Å². The van der Waals surface area contributed by atoms with E-state index in [1.54, 1.807) is 0 Å². The molecule has 3 atom stereocenters. The number of halogens is 1. The van der Waals surface area contributed by atoms with Crippen LogP contribution < -0.4 is 14.2 Å². The van der Waals surface area contributed by atoms with E-state index in [0.717, 1.165) is 33.4 Å². The summed E-state index contributed by atoms with van der Waals surface area (Å²) in [4.78, 5) is 11.8. The monoisotopic (exact) mass is 609 g/mol. The number of hydrogen-bond acceptors (Lipinski definition) is 7. The first-order valence-corrected chi connectivity index (χ1v) is 16.4. The van der Waals surface area contributed by atoms with Crippen molar-refractivity contribution >= 4 is 16.0 Å². The van der Waals surface area contributed by atoms with Gasteiger partial charge in [-0.15, -0.1) is 0 Å². The van der Waals surface area contributed by atoms with Crippen LogP contribution in [0.2, 0.25) is 0 Å². The lowest BCUT2D eigenvalue weighted by Gasteiger charge is -2.20. The van der Waals surface area contributed by atoms with Crippen molar-refractivity contribution < 1.29 is 36.6 Å². The van der Waals surface area contributed by atoms with Crippen LogP contribution in [0.15, 0.2) is 42.5 Å². The van der Waals surface area contributed by atoms with Crippen LogP contribution in [0.1, 0.15) is 59.1 Å². The lowest BCUT2D eigenvalue weighted by atomic mass is 9.90. The number of carbonyl (C=O) groups is 1. The van der Waals surface area contributed by atoms with Crippen molar-refractivity contribution in [3.05, 3.63) is 76.1 Å². The summed E-state index contributed by atoms with van der Waals surface area (Å²) in [7, 11) is -1.86. The molecule has 0 aromatic heterocycles. The zero-order valence-electron chi connectivity index (χ0n) is 24.8. The van der Waals surface area contributed by atoms with Crippen molar-refractivity contribution in [3.8, 4) is 28.4 Å². The zero-order valence-corrected chi connectivity index (χ0v) is 25.6. The van der Waals surface area contributed by atoms with E-state index in [2.05, 4.69) is 0 Å². The molecule has 0 radical (unpaired) electrons. The maximum Gasteiger partial charge on any atom is 0.306 e. The number of rotatable bonds is 8. The molecular weight excluding hydrogens is 573 g/mol. The van der Waals surface area contributed by atoms with Crippen LogP contribution in [0.4, 0.5) is 4.39 Å². The van der Waals surface area contributed by atoms with Gasteiger partial charge in [0, 0.05) is 29.7 Å².